The highest BCUT2D eigenvalue weighted by atomic mass is 35.5. The van der Waals surface area contributed by atoms with Crippen LogP contribution in [0, 0.1) is 12.7 Å². The Morgan fingerprint density at radius 2 is 1.91 bits per heavy atom. The summed E-state index contributed by atoms with van der Waals surface area (Å²) < 4.78 is 69.6. The Morgan fingerprint density at radius 1 is 1.24 bits per heavy atom. The molecule has 182 valence electrons. The number of halogens is 5. The lowest BCUT2D eigenvalue weighted by molar-refractivity contribution is -0.144. The highest BCUT2D eigenvalue weighted by molar-refractivity contribution is 6.32. The lowest BCUT2D eigenvalue weighted by Gasteiger charge is -2.15. The normalized spacial score (nSPS) is 11.4. The summed E-state index contributed by atoms with van der Waals surface area (Å²) in [5, 5.41) is 6.04. The number of esters is 1. The van der Waals surface area contributed by atoms with Crippen molar-refractivity contribution in [3.63, 3.8) is 0 Å². The van der Waals surface area contributed by atoms with Crippen LogP contribution in [-0.2, 0) is 22.8 Å². The summed E-state index contributed by atoms with van der Waals surface area (Å²) in [6.07, 6.45) is -4.99. The van der Waals surface area contributed by atoms with E-state index >= 15 is 0 Å². The number of benzene rings is 1. The van der Waals surface area contributed by atoms with Gasteiger partial charge in [-0.15, -0.1) is 5.10 Å². The van der Waals surface area contributed by atoms with Crippen LogP contribution in [-0.4, -0.2) is 39.0 Å². The van der Waals surface area contributed by atoms with Gasteiger partial charge in [0.15, 0.2) is 6.61 Å². The molecule has 1 N–H and O–H groups in total. The molecule has 0 saturated carbocycles. The van der Waals surface area contributed by atoms with Crippen molar-refractivity contribution in [1.29, 1.82) is 0 Å². The van der Waals surface area contributed by atoms with Crippen molar-refractivity contribution < 1.29 is 36.6 Å². The summed E-state index contributed by atoms with van der Waals surface area (Å²) in [5.74, 6) is -2.45. The van der Waals surface area contributed by atoms with E-state index in [1.54, 1.807) is 0 Å². The molecule has 1 aromatic carbocycles. The van der Waals surface area contributed by atoms with E-state index < -0.39 is 47.2 Å². The third kappa shape index (κ3) is 4.76. The molecular formula is C19H15ClF4N4O6. The molecule has 0 amide bonds. The Hall–Kier alpha value is -3.81. The molecule has 3 aromatic rings. The maximum atomic E-state index is 14.7. The molecule has 0 aliphatic rings. The monoisotopic (exact) mass is 506 g/mol. The van der Waals surface area contributed by atoms with Gasteiger partial charge in [0.1, 0.15) is 17.3 Å². The van der Waals surface area contributed by atoms with Crippen LogP contribution in [0.5, 0.6) is 17.4 Å². The van der Waals surface area contributed by atoms with E-state index in [1.165, 1.54) is 6.92 Å². The van der Waals surface area contributed by atoms with Gasteiger partial charge in [-0.05, 0) is 13.0 Å². The van der Waals surface area contributed by atoms with E-state index in [-0.39, 0.29) is 37.6 Å². The third-order valence-corrected chi connectivity index (χ3v) is 4.77. The summed E-state index contributed by atoms with van der Waals surface area (Å²) in [6, 6.07) is 1.72. The number of aromatic nitrogens is 4. The highest BCUT2D eigenvalue weighted by Crippen LogP contribution is 2.38. The largest absolute Gasteiger partial charge is 0.466 e. The van der Waals surface area contributed by atoms with Crippen LogP contribution in [0.1, 0.15) is 11.4 Å². The van der Waals surface area contributed by atoms with Crippen LogP contribution in [0.2, 0.25) is 5.02 Å². The molecule has 15 heteroatoms. The lowest BCUT2D eigenvalue weighted by atomic mass is 10.2. The van der Waals surface area contributed by atoms with Crippen LogP contribution >= 0.6 is 11.6 Å². The minimum atomic E-state index is -4.99. The molecule has 3 rings (SSSR count). The molecule has 0 atom stereocenters. The molecule has 0 spiro atoms. The number of methoxy groups -OCH3 is 1. The zero-order chi connectivity index (χ0) is 25.4. The van der Waals surface area contributed by atoms with Gasteiger partial charge >= 0.3 is 17.8 Å². The van der Waals surface area contributed by atoms with Crippen molar-refractivity contribution in [1.82, 2.24) is 19.3 Å². The maximum Gasteiger partial charge on any atom is 0.431 e. The quantitative estimate of drug-likeness (QED) is 0.403. The predicted molar refractivity (Wildman–Crippen MR) is 108 cm³/mol. The second-order valence-corrected chi connectivity index (χ2v) is 7.13. The van der Waals surface area contributed by atoms with Gasteiger partial charge in [-0.25, -0.2) is 18.5 Å². The second-order valence-electron chi connectivity index (χ2n) is 6.73. The number of carbonyl (C=O) groups excluding carboxylic acids is 1. The second kappa shape index (κ2) is 9.21. The first-order chi connectivity index (χ1) is 15.8. The molecular weight excluding hydrogens is 492 g/mol. The van der Waals surface area contributed by atoms with Gasteiger partial charge in [0, 0.05) is 19.2 Å². The van der Waals surface area contributed by atoms with Crippen molar-refractivity contribution in [3.05, 3.63) is 61.3 Å². The summed E-state index contributed by atoms with van der Waals surface area (Å²) >= 11 is 6.03. The molecule has 0 saturated heterocycles. The predicted octanol–water partition coefficient (Wildman–Crippen LogP) is 2.72. The molecule has 2 heterocycles. The number of ether oxygens (including phenoxy) is 3. The smallest absolute Gasteiger partial charge is 0.431 e. The third-order valence-electron chi connectivity index (χ3n) is 4.48. The summed E-state index contributed by atoms with van der Waals surface area (Å²) in [5.41, 5.74) is -4.80. The van der Waals surface area contributed by atoms with Crippen LogP contribution < -0.4 is 20.7 Å². The summed E-state index contributed by atoms with van der Waals surface area (Å²) in [6.45, 7) is 0.998. The summed E-state index contributed by atoms with van der Waals surface area (Å²) in [4.78, 5) is 36.2. The van der Waals surface area contributed by atoms with Crippen LogP contribution in [0.4, 0.5) is 17.6 Å². The van der Waals surface area contributed by atoms with Crippen molar-refractivity contribution in [2.24, 2.45) is 7.05 Å². The van der Waals surface area contributed by atoms with Crippen molar-refractivity contribution in [2.75, 3.05) is 13.7 Å². The minimum absolute atomic E-state index is 0.0731. The Bertz CT molecular complexity index is 1380. The molecule has 0 aliphatic heterocycles. The minimum Gasteiger partial charge on any atom is -0.466 e. The number of aromatic amines is 1. The maximum absolute atomic E-state index is 14.7. The zero-order valence-corrected chi connectivity index (χ0v) is 18.4. The Balaban J connectivity index is 2.09. The van der Waals surface area contributed by atoms with Crippen LogP contribution in [0.25, 0.3) is 5.69 Å². The molecule has 0 unspecified atom stereocenters. The molecule has 0 bridgehead atoms. The first-order valence-electron chi connectivity index (χ1n) is 9.17. The number of hydrogen-bond acceptors (Lipinski definition) is 7. The van der Waals surface area contributed by atoms with Gasteiger partial charge in [-0.3, -0.25) is 14.5 Å². The van der Waals surface area contributed by atoms with E-state index in [4.69, 9.17) is 21.1 Å². The molecule has 10 nitrogen and oxygen atoms in total. The molecule has 0 aliphatic carbocycles. The standard InChI is InChI=1S/C19H15ClF4N4O6/c1-8-16(17(26-25-8)33-7-15(30)32-3)34-12-5-11(10(21)4-9(12)20)28-14(29)6-13(19(22,23)24)27(2)18(28)31/h4-6H,7H2,1-3H3,(H,25,26). The van der Waals surface area contributed by atoms with E-state index in [0.29, 0.717) is 11.8 Å². The first kappa shape index (κ1) is 24.8. The number of rotatable bonds is 6. The molecule has 0 fully saturated rings. The Kier molecular flexibility index (Phi) is 6.72. The number of alkyl halides is 3. The van der Waals surface area contributed by atoms with Crippen LogP contribution in [0.3, 0.4) is 0 Å². The SMILES string of the molecule is COC(=O)COc1n[nH]c(C)c1Oc1cc(-n2c(=O)cc(C(F)(F)F)n(C)c2=O)c(F)cc1Cl. The van der Waals surface area contributed by atoms with Gasteiger partial charge in [-0.1, -0.05) is 11.6 Å². The summed E-state index contributed by atoms with van der Waals surface area (Å²) in [7, 11) is 1.93. The number of nitrogens with one attached hydrogen (secondary N) is 1. The van der Waals surface area contributed by atoms with Gasteiger partial charge < -0.3 is 14.2 Å². The van der Waals surface area contributed by atoms with Gasteiger partial charge in [0.05, 0.1) is 23.5 Å². The number of carbonyl (C=O) groups is 1. The first-order valence-corrected chi connectivity index (χ1v) is 9.55. The zero-order valence-electron chi connectivity index (χ0n) is 17.6. The van der Waals surface area contributed by atoms with E-state index in [0.717, 1.165) is 20.2 Å². The Morgan fingerprint density at radius 3 is 2.53 bits per heavy atom. The fraction of sp³-hybridized carbons (Fsp3) is 0.263. The number of H-pyrrole nitrogens is 1. The number of hydrogen-bond donors (Lipinski definition) is 1. The van der Waals surface area contributed by atoms with E-state index in [9.17, 15) is 31.9 Å². The molecule has 34 heavy (non-hydrogen) atoms. The fourth-order valence-electron chi connectivity index (χ4n) is 2.80. The van der Waals surface area contributed by atoms with E-state index in [2.05, 4.69) is 14.9 Å². The average molecular weight is 507 g/mol. The van der Waals surface area contributed by atoms with Gasteiger partial charge in [0.2, 0.25) is 5.75 Å². The van der Waals surface area contributed by atoms with Crippen LogP contribution in [0.15, 0.2) is 27.8 Å². The average Bonchev–Trinajstić information content (AvgIpc) is 3.10. The lowest BCUT2D eigenvalue weighted by Crippen LogP contribution is -2.41. The highest BCUT2D eigenvalue weighted by Gasteiger charge is 2.35. The van der Waals surface area contributed by atoms with Gasteiger partial charge in [0.25, 0.3) is 11.4 Å². The Labute approximate surface area is 192 Å². The van der Waals surface area contributed by atoms with Gasteiger partial charge in [-0.2, -0.15) is 13.2 Å². The fourth-order valence-corrected chi connectivity index (χ4v) is 2.99. The molecule has 0 radical (unpaired) electrons. The molecule has 2 aromatic heterocycles. The van der Waals surface area contributed by atoms with Crippen molar-refractivity contribution >= 4 is 17.6 Å². The van der Waals surface area contributed by atoms with E-state index in [1.807, 2.05) is 0 Å². The number of aryl methyl sites for hydroxylation is 1. The van der Waals surface area contributed by atoms with Crippen molar-refractivity contribution in [3.8, 4) is 23.1 Å². The van der Waals surface area contributed by atoms with Crippen molar-refractivity contribution in [2.45, 2.75) is 13.1 Å². The topological polar surface area (TPSA) is 117 Å². The number of nitrogens with zero attached hydrogens (tertiary/aromatic N) is 3.